The first-order valence-corrected chi connectivity index (χ1v) is 11.7. The van der Waals surface area contributed by atoms with Crippen molar-refractivity contribution in [2.45, 2.75) is 45.1 Å². The standard InChI is InChI=1S/C24H24N2O5S/c1-13-5-2-7-15-17(27)11-18(31-21(13)15)22(28)26-24-20(16-8-3-9-19(16)32-24)23(29)25-12-14-6-4-10-30-14/h2,5,7,11,14H,3-4,6,8-10,12H2,1H3,(H,25,29)(H,26,28)/t14-/m0/s1. The second-order valence-corrected chi connectivity index (χ2v) is 9.39. The van der Waals surface area contributed by atoms with Crippen LogP contribution >= 0.6 is 11.3 Å². The number of hydrogen-bond donors (Lipinski definition) is 2. The third-order valence-electron chi connectivity index (χ3n) is 6.07. The molecule has 2 N–H and O–H groups in total. The van der Waals surface area contributed by atoms with Crippen LogP contribution in [0.2, 0.25) is 0 Å². The highest BCUT2D eigenvalue weighted by Gasteiger charge is 2.29. The molecule has 1 aliphatic heterocycles. The van der Waals surface area contributed by atoms with Gasteiger partial charge in [-0.15, -0.1) is 11.3 Å². The molecule has 2 amide bonds. The molecule has 0 spiro atoms. The van der Waals surface area contributed by atoms with Gasteiger partial charge < -0.3 is 19.8 Å². The zero-order valence-electron chi connectivity index (χ0n) is 17.8. The summed E-state index contributed by atoms with van der Waals surface area (Å²) in [5, 5.41) is 6.73. The predicted octanol–water partition coefficient (Wildman–Crippen LogP) is 3.81. The average Bonchev–Trinajstić information content (AvgIpc) is 3.50. The van der Waals surface area contributed by atoms with Gasteiger partial charge in [0.2, 0.25) is 0 Å². The number of anilines is 1. The van der Waals surface area contributed by atoms with E-state index in [0.717, 1.165) is 54.7 Å². The quantitative estimate of drug-likeness (QED) is 0.614. The minimum absolute atomic E-state index is 0.0405. The molecule has 0 bridgehead atoms. The Bertz CT molecular complexity index is 1270. The Morgan fingerprint density at radius 3 is 2.88 bits per heavy atom. The topological polar surface area (TPSA) is 97.6 Å². The van der Waals surface area contributed by atoms with Crippen molar-refractivity contribution in [2.75, 3.05) is 18.5 Å². The monoisotopic (exact) mass is 452 g/mol. The van der Waals surface area contributed by atoms with Crippen LogP contribution in [0.5, 0.6) is 0 Å². The third-order valence-corrected chi connectivity index (χ3v) is 7.27. The summed E-state index contributed by atoms with van der Waals surface area (Å²) < 4.78 is 11.4. The Labute approximate surface area is 188 Å². The number of hydrogen-bond acceptors (Lipinski definition) is 6. The number of rotatable bonds is 5. The van der Waals surface area contributed by atoms with Crippen molar-refractivity contribution in [2.24, 2.45) is 0 Å². The van der Waals surface area contributed by atoms with Gasteiger partial charge in [0.05, 0.1) is 17.1 Å². The van der Waals surface area contributed by atoms with Crippen LogP contribution in [0.1, 0.15) is 56.2 Å². The van der Waals surface area contributed by atoms with Crippen LogP contribution < -0.4 is 16.1 Å². The molecule has 5 rings (SSSR count). The molecule has 166 valence electrons. The van der Waals surface area contributed by atoms with Crippen LogP contribution in [-0.4, -0.2) is 31.1 Å². The number of carbonyl (C=O) groups excluding carboxylic acids is 2. The lowest BCUT2D eigenvalue weighted by molar-refractivity contribution is 0.0858. The van der Waals surface area contributed by atoms with Crippen LogP contribution in [0.4, 0.5) is 5.00 Å². The first-order valence-electron chi connectivity index (χ1n) is 10.9. The van der Waals surface area contributed by atoms with E-state index in [9.17, 15) is 14.4 Å². The van der Waals surface area contributed by atoms with Gasteiger partial charge in [-0.3, -0.25) is 14.4 Å². The van der Waals surface area contributed by atoms with Gasteiger partial charge in [-0.05, 0) is 56.2 Å². The number of aryl methyl sites for hydroxylation is 2. The highest BCUT2D eigenvalue weighted by molar-refractivity contribution is 7.17. The normalized spacial score (nSPS) is 17.5. The van der Waals surface area contributed by atoms with Gasteiger partial charge in [-0.25, -0.2) is 0 Å². The zero-order valence-corrected chi connectivity index (χ0v) is 18.6. The molecular formula is C24H24N2O5S. The van der Waals surface area contributed by atoms with E-state index in [2.05, 4.69) is 10.6 Å². The second kappa shape index (κ2) is 8.52. The minimum Gasteiger partial charge on any atom is -0.450 e. The summed E-state index contributed by atoms with van der Waals surface area (Å²) in [4.78, 5) is 39.7. The molecule has 1 atom stereocenters. The Hall–Kier alpha value is -2.97. The Morgan fingerprint density at radius 2 is 2.06 bits per heavy atom. The molecule has 0 radical (unpaired) electrons. The Kier molecular flexibility index (Phi) is 5.57. The molecule has 1 saturated heterocycles. The number of para-hydroxylation sites is 1. The van der Waals surface area contributed by atoms with Crippen molar-refractivity contribution < 1.29 is 18.7 Å². The molecule has 32 heavy (non-hydrogen) atoms. The summed E-state index contributed by atoms with van der Waals surface area (Å²) in [7, 11) is 0. The van der Waals surface area contributed by atoms with E-state index in [1.807, 2.05) is 13.0 Å². The fourth-order valence-electron chi connectivity index (χ4n) is 4.43. The third kappa shape index (κ3) is 3.84. The van der Waals surface area contributed by atoms with E-state index < -0.39 is 5.91 Å². The van der Waals surface area contributed by atoms with Crippen molar-refractivity contribution in [3.63, 3.8) is 0 Å². The fraction of sp³-hybridized carbons (Fsp3) is 0.375. The number of carbonyl (C=O) groups is 2. The van der Waals surface area contributed by atoms with Crippen molar-refractivity contribution >= 4 is 39.1 Å². The van der Waals surface area contributed by atoms with E-state index in [0.29, 0.717) is 28.1 Å². The lowest BCUT2D eigenvalue weighted by Crippen LogP contribution is -2.32. The first-order chi connectivity index (χ1) is 15.5. The number of thiophene rings is 1. The SMILES string of the molecule is Cc1cccc2c(=O)cc(C(=O)Nc3sc4c(c3C(=O)NC[C@@H]3CCCO3)CCC4)oc12. The van der Waals surface area contributed by atoms with Gasteiger partial charge in [0.15, 0.2) is 11.2 Å². The van der Waals surface area contributed by atoms with E-state index in [4.69, 9.17) is 9.15 Å². The molecule has 2 aromatic heterocycles. The van der Waals surface area contributed by atoms with Gasteiger partial charge in [-0.2, -0.15) is 0 Å². The Morgan fingerprint density at radius 1 is 1.19 bits per heavy atom. The summed E-state index contributed by atoms with van der Waals surface area (Å²) in [6, 6.07) is 6.49. The van der Waals surface area contributed by atoms with Crippen LogP contribution in [0.15, 0.2) is 33.5 Å². The summed E-state index contributed by atoms with van der Waals surface area (Å²) >= 11 is 1.43. The number of fused-ring (bicyclic) bond motifs is 2. The van der Waals surface area contributed by atoms with Gasteiger partial charge in [0.25, 0.3) is 11.8 Å². The maximum absolute atomic E-state index is 13.0. The van der Waals surface area contributed by atoms with E-state index in [-0.39, 0.29) is 23.2 Å². The molecule has 1 aliphatic carbocycles. The largest absolute Gasteiger partial charge is 0.450 e. The van der Waals surface area contributed by atoms with Gasteiger partial charge in [0, 0.05) is 24.1 Å². The lowest BCUT2D eigenvalue weighted by atomic mass is 10.1. The Balaban J connectivity index is 1.42. The van der Waals surface area contributed by atoms with E-state index in [1.54, 1.807) is 12.1 Å². The average molecular weight is 453 g/mol. The molecule has 8 heteroatoms. The molecule has 0 saturated carbocycles. The van der Waals surface area contributed by atoms with Crippen LogP contribution in [0.3, 0.4) is 0 Å². The first kappa shape index (κ1) is 20.9. The van der Waals surface area contributed by atoms with E-state index in [1.165, 1.54) is 17.4 Å². The fourth-order valence-corrected chi connectivity index (χ4v) is 5.71. The molecule has 7 nitrogen and oxygen atoms in total. The lowest BCUT2D eigenvalue weighted by Gasteiger charge is -2.12. The summed E-state index contributed by atoms with van der Waals surface area (Å²) in [6.07, 6.45) is 4.69. The van der Waals surface area contributed by atoms with Crippen LogP contribution in [0, 0.1) is 6.92 Å². The number of nitrogens with one attached hydrogen (secondary N) is 2. The molecule has 2 aliphatic rings. The minimum atomic E-state index is -0.541. The van der Waals surface area contributed by atoms with Crippen molar-refractivity contribution in [1.82, 2.24) is 5.32 Å². The number of benzene rings is 1. The number of amides is 2. The maximum atomic E-state index is 13.0. The molecule has 1 aromatic carbocycles. The van der Waals surface area contributed by atoms with Gasteiger partial charge in [-0.1, -0.05) is 12.1 Å². The maximum Gasteiger partial charge on any atom is 0.292 e. The molecule has 0 unspecified atom stereocenters. The highest BCUT2D eigenvalue weighted by atomic mass is 32.1. The summed E-state index contributed by atoms with van der Waals surface area (Å²) in [5.74, 6) is -0.817. The smallest absolute Gasteiger partial charge is 0.292 e. The van der Waals surface area contributed by atoms with Crippen LogP contribution in [-0.2, 0) is 17.6 Å². The van der Waals surface area contributed by atoms with Crippen LogP contribution in [0.25, 0.3) is 11.0 Å². The highest BCUT2D eigenvalue weighted by Crippen LogP contribution is 2.39. The van der Waals surface area contributed by atoms with Crippen molar-refractivity contribution in [3.8, 4) is 0 Å². The van der Waals surface area contributed by atoms with Gasteiger partial charge in [0.1, 0.15) is 10.6 Å². The second-order valence-electron chi connectivity index (χ2n) is 8.29. The van der Waals surface area contributed by atoms with Crippen molar-refractivity contribution in [3.05, 3.63) is 61.8 Å². The summed E-state index contributed by atoms with van der Waals surface area (Å²) in [6.45, 7) is 3.01. The van der Waals surface area contributed by atoms with Gasteiger partial charge >= 0.3 is 0 Å². The zero-order chi connectivity index (χ0) is 22.2. The van der Waals surface area contributed by atoms with Crippen molar-refractivity contribution in [1.29, 1.82) is 0 Å². The number of ether oxygens (including phenoxy) is 1. The van der Waals surface area contributed by atoms with E-state index >= 15 is 0 Å². The predicted molar refractivity (Wildman–Crippen MR) is 123 cm³/mol. The molecular weight excluding hydrogens is 428 g/mol. The molecule has 3 heterocycles. The summed E-state index contributed by atoms with van der Waals surface area (Å²) in [5.41, 5.74) is 2.43. The molecule has 1 fully saturated rings. The molecule has 3 aromatic rings.